The Hall–Kier alpha value is -2.53. The lowest BCUT2D eigenvalue weighted by molar-refractivity contribution is 0.471. The van der Waals surface area contributed by atoms with Crippen LogP contribution in [0.5, 0.6) is 5.75 Å². The van der Waals surface area contributed by atoms with Gasteiger partial charge in [0.2, 0.25) is 0 Å². The smallest absolute Gasteiger partial charge is 0.147 e. The Morgan fingerprint density at radius 1 is 0.931 bits per heavy atom. The van der Waals surface area contributed by atoms with Gasteiger partial charge in [-0.3, -0.25) is 4.98 Å². The third-order valence-corrected chi connectivity index (χ3v) is 5.28. The summed E-state index contributed by atoms with van der Waals surface area (Å²) < 4.78 is 0. The molecule has 4 nitrogen and oxygen atoms in total. The first-order valence-electron chi connectivity index (χ1n) is 8.83. The zero-order valence-electron chi connectivity index (χ0n) is 15.3. The number of hydrogen-bond donors (Lipinski definition) is 2. The molecular weight excluding hydrogens is 429 g/mol. The number of phenols is 1. The van der Waals surface area contributed by atoms with Crippen LogP contribution < -0.4 is 5.32 Å². The molecule has 0 spiro atoms. The van der Waals surface area contributed by atoms with Crippen molar-refractivity contribution in [1.82, 2.24) is 9.97 Å². The van der Waals surface area contributed by atoms with Crippen LogP contribution in [0.3, 0.4) is 0 Å². The number of nitrogens with one attached hydrogen (secondary N) is 1. The van der Waals surface area contributed by atoms with E-state index < -0.39 is 6.04 Å². The summed E-state index contributed by atoms with van der Waals surface area (Å²) in [6.45, 7) is 1.91. The zero-order valence-corrected chi connectivity index (χ0v) is 17.6. The van der Waals surface area contributed by atoms with Crippen molar-refractivity contribution in [1.29, 1.82) is 0 Å². The van der Waals surface area contributed by atoms with Crippen molar-refractivity contribution in [2.24, 2.45) is 0 Å². The molecule has 4 rings (SSSR count). The van der Waals surface area contributed by atoms with Crippen LogP contribution in [-0.4, -0.2) is 15.1 Å². The van der Waals surface area contributed by atoms with Crippen LogP contribution >= 0.6 is 34.8 Å². The first kappa shape index (κ1) is 19.8. The molecule has 0 aliphatic heterocycles. The minimum atomic E-state index is -0.468. The van der Waals surface area contributed by atoms with E-state index in [4.69, 9.17) is 34.8 Å². The van der Waals surface area contributed by atoms with Crippen molar-refractivity contribution < 1.29 is 5.11 Å². The van der Waals surface area contributed by atoms with Gasteiger partial charge in [0.25, 0.3) is 0 Å². The maximum Gasteiger partial charge on any atom is 0.147 e. The molecule has 7 heteroatoms. The summed E-state index contributed by atoms with van der Waals surface area (Å²) in [5.74, 6) is 0.722. The SMILES string of the molecule is Cc1cc(Cl)cnc1NC(c1cc(Cl)cc(Cl)c1)c1ccc2cccnc2c1O. The maximum absolute atomic E-state index is 11.0. The Morgan fingerprint density at radius 2 is 1.69 bits per heavy atom. The molecule has 1 atom stereocenters. The van der Waals surface area contributed by atoms with E-state index >= 15 is 0 Å². The van der Waals surface area contributed by atoms with Crippen LogP contribution in [0.4, 0.5) is 5.82 Å². The number of halogens is 3. The second-order valence-electron chi connectivity index (χ2n) is 6.68. The van der Waals surface area contributed by atoms with E-state index in [0.717, 1.165) is 16.5 Å². The Morgan fingerprint density at radius 3 is 2.41 bits per heavy atom. The zero-order chi connectivity index (χ0) is 20.5. The van der Waals surface area contributed by atoms with Gasteiger partial charge in [0.05, 0.1) is 11.1 Å². The van der Waals surface area contributed by atoms with Gasteiger partial charge in [0.1, 0.15) is 17.1 Å². The molecule has 2 heterocycles. The first-order chi connectivity index (χ1) is 13.9. The molecule has 2 aromatic carbocycles. The number of phenolic OH excluding ortho intramolecular Hbond substituents is 1. The number of fused-ring (bicyclic) bond motifs is 1. The van der Waals surface area contributed by atoms with Gasteiger partial charge in [0.15, 0.2) is 0 Å². The molecule has 0 radical (unpaired) electrons. The third-order valence-electron chi connectivity index (χ3n) is 4.63. The minimum Gasteiger partial charge on any atom is -0.505 e. The average molecular weight is 445 g/mol. The van der Waals surface area contributed by atoms with Gasteiger partial charge in [-0.2, -0.15) is 0 Å². The largest absolute Gasteiger partial charge is 0.505 e. The summed E-state index contributed by atoms with van der Waals surface area (Å²) in [6, 6.07) is 14.1. The number of benzene rings is 2. The van der Waals surface area contributed by atoms with Gasteiger partial charge in [-0.15, -0.1) is 0 Å². The fourth-order valence-corrected chi connectivity index (χ4v) is 4.04. The van der Waals surface area contributed by atoms with Crippen molar-refractivity contribution in [2.45, 2.75) is 13.0 Å². The summed E-state index contributed by atoms with van der Waals surface area (Å²) in [5, 5.41) is 16.8. The van der Waals surface area contributed by atoms with Gasteiger partial charge in [-0.25, -0.2) is 4.98 Å². The van der Waals surface area contributed by atoms with Gasteiger partial charge in [-0.05, 0) is 48.4 Å². The van der Waals surface area contributed by atoms with Crippen LogP contribution in [0.1, 0.15) is 22.7 Å². The summed E-state index contributed by atoms with van der Waals surface area (Å²) in [5.41, 5.74) is 2.80. The Kier molecular flexibility index (Phi) is 5.50. The molecular formula is C22H16Cl3N3O. The number of anilines is 1. The van der Waals surface area contributed by atoms with Crippen molar-refractivity contribution >= 4 is 51.5 Å². The predicted molar refractivity (Wildman–Crippen MR) is 119 cm³/mol. The Bertz CT molecular complexity index is 1190. The number of nitrogens with zero attached hydrogens (tertiary/aromatic N) is 2. The van der Waals surface area contributed by atoms with Gasteiger partial charge >= 0.3 is 0 Å². The summed E-state index contributed by atoms with van der Waals surface area (Å²) in [4.78, 5) is 8.72. The van der Waals surface area contributed by atoms with Gasteiger partial charge < -0.3 is 10.4 Å². The molecule has 1 unspecified atom stereocenters. The number of hydrogen-bond acceptors (Lipinski definition) is 4. The molecule has 0 bridgehead atoms. The number of aryl methyl sites for hydroxylation is 1. The molecule has 0 saturated heterocycles. The molecule has 146 valence electrons. The molecule has 2 N–H and O–H groups in total. The van der Waals surface area contributed by atoms with E-state index in [-0.39, 0.29) is 5.75 Å². The van der Waals surface area contributed by atoms with Crippen molar-refractivity contribution in [3.63, 3.8) is 0 Å². The van der Waals surface area contributed by atoms with E-state index in [1.165, 1.54) is 0 Å². The molecule has 0 saturated carbocycles. The third kappa shape index (κ3) is 4.10. The highest BCUT2D eigenvalue weighted by atomic mass is 35.5. The van der Waals surface area contributed by atoms with E-state index in [1.54, 1.807) is 30.6 Å². The molecule has 0 aliphatic carbocycles. The first-order valence-corrected chi connectivity index (χ1v) is 9.97. The van der Waals surface area contributed by atoms with E-state index in [1.807, 2.05) is 37.3 Å². The van der Waals surface area contributed by atoms with Crippen LogP contribution in [0.15, 0.2) is 60.9 Å². The standard InChI is InChI=1S/C22H16Cl3N3O/c1-12-7-17(25)11-27-22(12)28-19(14-8-15(23)10-16(24)9-14)18-5-4-13-3-2-6-26-20(13)21(18)29/h2-11,19,29H,1H3,(H,27,28). The molecule has 4 aromatic rings. The predicted octanol–water partition coefficient (Wildman–Crippen LogP) is 6.81. The van der Waals surface area contributed by atoms with E-state index in [0.29, 0.717) is 32.0 Å². The Labute approximate surface area is 183 Å². The Balaban J connectivity index is 1.89. The summed E-state index contributed by atoms with van der Waals surface area (Å²) in [7, 11) is 0. The maximum atomic E-state index is 11.0. The van der Waals surface area contributed by atoms with Crippen molar-refractivity contribution in [2.75, 3.05) is 5.32 Å². The highest BCUT2D eigenvalue weighted by molar-refractivity contribution is 6.34. The topological polar surface area (TPSA) is 58.0 Å². The quantitative estimate of drug-likeness (QED) is 0.363. The van der Waals surface area contributed by atoms with Crippen LogP contribution in [0, 0.1) is 6.92 Å². The molecule has 0 fully saturated rings. The summed E-state index contributed by atoms with van der Waals surface area (Å²) >= 11 is 18.5. The van der Waals surface area contributed by atoms with Gasteiger partial charge in [-0.1, -0.05) is 53.0 Å². The van der Waals surface area contributed by atoms with E-state index in [2.05, 4.69) is 15.3 Å². The molecule has 2 aromatic heterocycles. The van der Waals surface area contributed by atoms with Crippen LogP contribution in [0.25, 0.3) is 10.9 Å². The normalized spacial score (nSPS) is 12.1. The van der Waals surface area contributed by atoms with Crippen LogP contribution in [-0.2, 0) is 0 Å². The lowest BCUT2D eigenvalue weighted by atomic mass is 9.96. The fraction of sp³-hybridized carbons (Fsp3) is 0.0909. The molecule has 0 amide bonds. The average Bonchev–Trinajstić information content (AvgIpc) is 2.68. The van der Waals surface area contributed by atoms with E-state index in [9.17, 15) is 5.11 Å². The monoisotopic (exact) mass is 443 g/mol. The number of pyridine rings is 2. The lowest BCUT2D eigenvalue weighted by Gasteiger charge is -2.23. The highest BCUT2D eigenvalue weighted by Gasteiger charge is 2.22. The van der Waals surface area contributed by atoms with Gasteiger partial charge in [0, 0.05) is 33.4 Å². The fourth-order valence-electron chi connectivity index (χ4n) is 3.29. The number of rotatable bonds is 4. The highest BCUT2D eigenvalue weighted by Crippen LogP contribution is 2.38. The minimum absolute atomic E-state index is 0.0864. The summed E-state index contributed by atoms with van der Waals surface area (Å²) in [6.07, 6.45) is 3.22. The number of aromatic nitrogens is 2. The van der Waals surface area contributed by atoms with Crippen LogP contribution in [0.2, 0.25) is 15.1 Å². The lowest BCUT2D eigenvalue weighted by Crippen LogP contribution is -2.15. The van der Waals surface area contributed by atoms with Crippen molar-refractivity contribution in [3.8, 4) is 5.75 Å². The molecule has 0 aliphatic rings. The van der Waals surface area contributed by atoms with Crippen molar-refractivity contribution in [3.05, 3.63) is 92.7 Å². The number of aromatic hydroxyl groups is 1. The second-order valence-corrected chi connectivity index (χ2v) is 7.99. The molecule has 29 heavy (non-hydrogen) atoms. The second kappa shape index (κ2) is 8.07.